The highest BCUT2D eigenvalue weighted by atomic mass is 32.1. The van der Waals surface area contributed by atoms with E-state index in [0.717, 1.165) is 0 Å². The van der Waals surface area contributed by atoms with Gasteiger partial charge in [0.2, 0.25) is 0 Å². The number of rotatable bonds is 3. The average Bonchev–Trinajstić information content (AvgIpc) is 2.46. The number of esters is 1. The minimum absolute atomic E-state index is 0.0783. The number of nitrogens with zero attached hydrogens (tertiary/aromatic N) is 1. The first-order chi connectivity index (χ1) is 9.54. The Bertz CT molecular complexity index is 538. The van der Waals surface area contributed by atoms with Crippen LogP contribution in [0, 0.1) is 5.82 Å². The molecule has 0 aromatic heterocycles. The number of ether oxygens (including phenoxy) is 2. The summed E-state index contributed by atoms with van der Waals surface area (Å²) in [6, 6.07) is 3.54. The fraction of sp³-hybridized carbons (Fsp3) is 0.385. The number of morpholine rings is 1. The Labute approximate surface area is 121 Å². The van der Waals surface area contributed by atoms with Crippen LogP contribution < -0.4 is 10.6 Å². The van der Waals surface area contributed by atoms with Crippen LogP contribution in [0.25, 0.3) is 0 Å². The SMILES string of the molecule is COC(=O)C1COCCN1c1ccc(F)cc1C(N)=S. The molecule has 1 fully saturated rings. The van der Waals surface area contributed by atoms with E-state index < -0.39 is 17.8 Å². The van der Waals surface area contributed by atoms with Gasteiger partial charge in [0.1, 0.15) is 10.8 Å². The van der Waals surface area contributed by atoms with E-state index >= 15 is 0 Å². The number of benzene rings is 1. The zero-order chi connectivity index (χ0) is 14.7. The van der Waals surface area contributed by atoms with Crippen molar-refractivity contribution in [2.45, 2.75) is 6.04 Å². The van der Waals surface area contributed by atoms with Crippen molar-refractivity contribution in [1.29, 1.82) is 0 Å². The molecule has 0 amide bonds. The largest absolute Gasteiger partial charge is 0.467 e. The molecule has 0 bridgehead atoms. The second-order valence-electron chi connectivity index (χ2n) is 4.33. The van der Waals surface area contributed by atoms with Crippen molar-refractivity contribution >= 4 is 28.9 Å². The Morgan fingerprint density at radius 1 is 1.60 bits per heavy atom. The van der Waals surface area contributed by atoms with E-state index in [4.69, 9.17) is 27.4 Å². The van der Waals surface area contributed by atoms with Crippen LogP contribution in [0.5, 0.6) is 0 Å². The van der Waals surface area contributed by atoms with Gasteiger partial charge in [-0.15, -0.1) is 0 Å². The minimum atomic E-state index is -0.590. The molecule has 1 atom stereocenters. The first kappa shape index (κ1) is 14.7. The molecule has 1 aliphatic rings. The quantitative estimate of drug-likeness (QED) is 0.659. The first-order valence-electron chi connectivity index (χ1n) is 6.06. The number of nitrogens with two attached hydrogens (primary N) is 1. The van der Waals surface area contributed by atoms with Gasteiger partial charge in [0, 0.05) is 17.8 Å². The van der Waals surface area contributed by atoms with Crippen LogP contribution in [-0.4, -0.2) is 43.9 Å². The standard InChI is InChI=1S/C13H15FN2O3S/c1-18-13(17)11-7-19-5-4-16(11)10-3-2-8(14)6-9(10)12(15)20/h2-3,6,11H,4-5,7H2,1H3,(H2,15,20). The van der Waals surface area contributed by atoms with E-state index in [0.29, 0.717) is 24.4 Å². The predicted octanol–water partition coefficient (Wildman–Crippen LogP) is 0.838. The molecule has 1 aromatic rings. The molecule has 2 N–H and O–H groups in total. The van der Waals surface area contributed by atoms with E-state index in [2.05, 4.69) is 0 Å². The molecule has 0 aliphatic carbocycles. The van der Waals surface area contributed by atoms with Crippen molar-refractivity contribution in [3.8, 4) is 0 Å². The molecule has 1 aromatic carbocycles. The second kappa shape index (κ2) is 6.15. The highest BCUT2D eigenvalue weighted by Crippen LogP contribution is 2.26. The predicted molar refractivity (Wildman–Crippen MR) is 76.3 cm³/mol. The molecule has 0 spiro atoms. The normalized spacial score (nSPS) is 18.7. The lowest BCUT2D eigenvalue weighted by Crippen LogP contribution is -2.51. The summed E-state index contributed by atoms with van der Waals surface area (Å²) in [7, 11) is 1.31. The van der Waals surface area contributed by atoms with Crippen molar-refractivity contribution < 1.29 is 18.7 Å². The summed E-state index contributed by atoms with van der Waals surface area (Å²) in [4.78, 5) is 13.7. The second-order valence-corrected chi connectivity index (χ2v) is 4.77. The minimum Gasteiger partial charge on any atom is -0.467 e. The Morgan fingerprint density at radius 3 is 3.00 bits per heavy atom. The van der Waals surface area contributed by atoms with Crippen LogP contribution in [0.15, 0.2) is 18.2 Å². The van der Waals surface area contributed by atoms with Gasteiger partial charge in [-0.3, -0.25) is 0 Å². The summed E-state index contributed by atoms with van der Waals surface area (Å²) in [6.45, 7) is 1.14. The van der Waals surface area contributed by atoms with Gasteiger partial charge < -0.3 is 20.1 Å². The van der Waals surface area contributed by atoms with Gasteiger partial charge in [-0.2, -0.15) is 0 Å². The summed E-state index contributed by atoms with van der Waals surface area (Å²) >= 11 is 4.95. The number of thiocarbonyl (C=S) groups is 1. The molecular formula is C13H15FN2O3S. The fourth-order valence-electron chi connectivity index (χ4n) is 2.18. The van der Waals surface area contributed by atoms with Gasteiger partial charge in [-0.25, -0.2) is 9.18 Å². The van der Waals surface area contributed by atoms with E-state index in [9.17, 15) is 9.18 Å². The number of hydrogen-bond acceptors (Lipinski definition) is 5. The molecule has 2 rings (SSSR count). The van der Waals surface area contributed by atoms with Gasteiger partial charge >= 0.3 is 5.97 Å². The van der Waals surface area contributed by atoms with Gasteiger partial charge in [0.25, 0.3) is 0 Å². The van der Waals surface area contributed by atoms with Crippen LogP contribution in [0.2, 0.25) is 0 Å². The van der Waals surface area contributed by atoms with Crippen molar-refractivity contribution in [3.05, 3.63) is 29.6 Å². The maximum absolute atomic E-state index is 13.3. The molecule has 1 heterocycles. The van der Waals surface area contributed by atoms with E-state index in [-0.39, 0.29) is 11.6 Å². The van der Waals surface area contributed by atoms with E-state index in [1.54, 1.807) is 11.0 Å². The number of hydrogen-bond donors (Lipinski definition) is 1. The molecule has 1 saturated heterocycles. The zero-order valence-electron chi connectivity index (χ0n) is 11.0. The molecular weight excluding hydrogens is 283 g/mol. The lowest BCUT2D eigenvalue weighted by Gasteiger charge is -2.36. The van der Waals surface area contributed by atoms with E-state index in [1.807, 2.05) is 0 Å². The lowest BCUT2D eigenvalue weighted by atomic mass is 10.1. The third-order valence-electron chi connectivity index (χ3n) is 3.14. The number of halogens is 1. The molecule has 0 radical (unpaired) electrons. The first-order valence-corrected chi connectivity index (χ1v) is 6.47. The molecule has 20 heavy (non-hydrogen) atoms. The van der Waals surface area contributed by atoms with Crippen molar-refractivity contribution in [2.24, 2.45) is 5.73 Å². The van der Waals surface area contributed by atoms with Crippen LogP contribution in [0.4, 0.5) is 10.1 Å². The van der Waals surface area contributed by atoms with Crippen molar-refractivity contribution in [3.63, 3.8) is 0 Å². The number of carbonyl (C=O) groups excluding carboxylic acids is 1. The summed E-state index contributed by atoms with van der Waals surface area (Å²) < 4.78 is 23.4. The van der Waals surface area contributed by atoms with Crippen LogP contribution in [0.1, 0.15) is 5.56 Å². The monoisotopic (exact) mass is 298 g/mol. The average molecular weight is 298 g/mol. The Balaban J connectivity index is 2.42. The molecule has 5 nitrogen and oxygen atoms in total. The van der Waals surface area contributed by atoms with Gasteiger partial charge in [0.15, 0.2) is 6.04 Å². The Morgan fingerprint density at radius 2 is 2.35 bits per heavy atom. The van der Waals surface area contributed by atoms with Crippen LogP contribution >= 0.6 is 12.2 Å². The van der Waals surface area contributed by atoms with Crippen molar-refractivity contribution in [2.75, 3.05) is 31.8 Å². The van der Waals surface area contributed by atoms with Gasteiger partial charge in [0.05, 0.1) is 20.3 Å². The topological polar surface area (TPSA) is 64.8 Å². The summed E-state index contributed by atoms with van der Waals surface area (Å²) in [5, 5.41) is 0. The van der Waals surface area contributed by atoms with Crippen LogP contribution in [0.3, 0.4) is 0 Å². The van der Waals surface area contributed by atoms with Crippen molar-refractivity contribution in [1.82, 2.24) is 0 Å². The van der Waals surface area contributed by atoms with Gasteiger partial charge in [-0.05, 0) is 18.2 Å². The van der Waals surface area contributed by atoms with Crippen LogP contribution in [-0.2, 0) is 14.3 Å². The van der Waals surface area contributed by atoms with E-state index in [1.165, 1.54) is 19.2 Å². The molecule has 7 heteroatoms. The van der Waals surface area contributed by atoms with Gasteiger partial charge in [-0.1, -0.05) is 12.2 Å². The highest BCUT2D eigenvalue weighted by Gasteiger charge is 2.32. The maximum atomic E-state index is 13.3. The number of anilines is 1. The smallest absolute Gasteiger partial charge is 0.330 e. The zero-order valence-corrected chi connectivity index (χ0v) is 11.8. The lowest BCUT2D eigenvalue weighted by molar-refractivity contribution is -0.144. The Kier molecular flexibility index (Phi) is 4.51. The Hall–Kier alpha value is -1.73. The number of methoxy groups -OCH3 is 1. The highest BCUT2D eigenvalue weighted by molar-refractivity contribution is 7.80. The summed E-state index contributed by atoms with van der Waals surface area (Å²) in [5.74, 6) is -0.845. The fourth-order valence-corrected chi connectivity index (χ4v) is 2.34. The molecule has 1 aliphatic heterocycles. The molecule has 1 unspecified atom stereocenters. The third-order valence-corrected chi connectivity index (χ3v) is 3.36. The summed E-state index contributed by atoms with van der Waals surface area (Å²) in [6.07, 6.45) is 0. The summed E-state index contributed by atoms with van der Waals surface area (Å²) in [5.41, 5.74) is 6.64. The molecule has 0 saturated carbocycles. The number of carbonyl (C=O) groups is 1. The molecule has 108 valence electrons. The third kappa shape index (κ3) is 2.88. The maximum Gasteiger partial charge on any atom is 0.330 e.